The highest BCUT2D eigenvalue weighted by atomic mass is 19.1. The molecule has 1 aromatic carbocycles. The molecule has 0 radical (unpaired) electrons. The van der Waals surface area contributed by atoms with Gasteiger partial charge >= 0.3 is 5.69 Å². The molecule has 0 fully saturated rings. The topological polar surface area (TPSA) is 82.1 Å². The number of carbonyl (C=O) groups excluding carboxylic acids is 1. The maximum Gasteiger partial charge on any atom is 0.328 e. The van der Waals surface area contributed by atoms with Gasteiger partial charge in [0.2, 0.25) is 5.91 Å². The Labute approximate surface area is 114 Å². The molecule has 7 heteroatoms. The van der Waals surface area contributed by atoms with Gasteiger partial charge in [-0.2, -0.15) is 0 Å². The van der Waals surface area contributed by atoms with Gasteiger partial charge in [-0.3, -0.25) is 13.9 Å². The van der Waals surface area contributed by atoms with Gasteiger partial charge in [0.05, 0.1) is 11.4 Å². The molecule has 20 heavy (non-hydrogen) atoms. The molecule has 3 N–H and O–H groups in total. The first kappa shape index (κ1) is 13.9. The molecule has 2 aromatic rings. The highest BCUT2D eigenvalue weighted by Gasteiger charge is 2.09. The number of halogens is 1. The van der Waals surface area contributed by atoms with E-state index in [4.69, 9.17) is 5.73 Å². The molecule has 0 aliphatic carbocycles. The number of benzene rings is 1. The molecule has 0 saturated heterocycles. The number of nitrogens with one attached hydrogen (secondary N) is 1. The number of anilines is 2. The normalized spacial score (nSPS) is 10.5. The van der Waals surface area contributed by atoms with Crippen LogP contribution in [0.15, 0.2) is 35.4 Å². The van der Waals surface area contributed by atoms with Crippen molar-refractivity contribution in [2.24, 2.45) is 0 Å². The summed E-state index contributed by atoms with van der Waals surface area (Å²) in [6, 6.07) is 3.70. The number of aromatic nitrogens is 2. The second-order valence-corrected chi connectivity index (χ2v) is 4.27. The zero-order chi connectivity index (χ0) is 14.7. The number of nitrogens with two attached hydrogens (primary N) is 1. The van der Waals surface area contributed by atoms with Gasteiger partial charge in [0.25, 0.3) is 0 Å². The Morgan fingerprint density at radius 2 is 2.05 bits per heavy atom. The fraction of sp³-hybridized carbons (Fsp3) is 0.231. The van der Waals surface area contributed by atoms with Gasteiger partial charge in [0.1, 0.15) is 12.4 Å². The van der Waals surface area contributed by atoms with Crippen molar-refractivity contribution in [1.29, 1.82) is 0 Å². The minimum atomic E-state index is -0.475. The van der Waals surface area contributed by atoms with Crippen molar-refractivity contribution in [1.82, 2.24) is 9.13 Å². The molecular weight excluding hydrogens is 263 g/mol. The third kappa shape index (κ3) is 2.87. The SMILES string of the molecule is CCn1ccn(CC(=O)Nc2ccc(F)cc2N)c1=O. The van der Waals surface area contributed by atoms with E-state index in [0.717, 1.165) is 6.07 Å². The Morgan fingerprint density at radius 1 is 1.35 bits per heavy atom. The number of aryl methyl sites for hydroxylation is 1. The highest BCUT2D eigenvalue weighted by molar-refractivity contribution is 5.93. The maximum atomic E-state index is 12.9. The molecule has 0 bridgehead atoms. The van der Waals surface area contributed by atoms with Crippen LogP contribution in [0.3, 0.4) is 0 Å². The Bertz CT molecular complexity index is 690. The van der Waals surface area contributed by atoms with E-state index in [9.17, 15) is 14.0 Å². The van der Waals surface area contributed by atoms with E-state index in [1.165, 1.54) is 21.3 Å². The number of hydrogen-bond donors (Lipinski definition) is 2. The number of hydrogen-bond acceptors (Lipinski definition) is 3. The second kappa shape index (κ2) is 5.60. The van der Waals surface area contributed by atoms with Crippen molar-refractivity contribution in [3.8, 4) is 0 Å². The predicted molar refractivity (Wildman–Crippen MR) is 73.8 cm³/mol. The van der Waals surface area contributed by atoms with E-state index >= 15 is 0 Å². The smallest absolute Gasteiger partial charge is 0.328 e. The first-order valence-corrected chi connectivity index (χ1v) is 6.11. The number of carbonyl (C=O) groups is 1. The summed E-state index contributed by atoms with van der Waals surface area (Å²) in [6.45, 7) is 2.26. The van der Waals surface area contributed by atoms with E-state index in [1.54, 1.807) is 12.4 Å². The maximum absolute atomic E-state index is 12.9. The largest absolute Gasteiger partial charge is 0.397 e. The molecule has 0 aliphatic heterocycles. The van der Waals surface area contributed by atoms with Gasteiger partial charge in [-0.1, -0.05) is 0 Å². The molecule has 1 aromatic heterocycles. The van der Waals surface area contributed by atoms with Crippen molar-refractivity contribution >= 4 is 17.3 Å². The van der Waals surface area contributed by atoms with Crippen LogP contribution in [0.25, 0.3) is 0 Å². The Morgan fingerprint density at radius 3 is 2.65 bits per heavy atom. The molecule has 0 spiro atoms. The first-order chi connectivity index (χ1) is 9.51. The van der Waals surface area contributed by atoms with Crippen molar-refractivity contribution in [2.75, 3.05) is 11.1 Å². The summed E-state index contributed by atoms with van der Waals surface area (Å²) in [6.07, 6.45) is 3.15. The van der Waals surface area contributed by atoms with Crippen LogP contribution < -0.4 is 16.7 Å². The number of nitrogens with zero attached hydrogens (tertiary/aromatic N) is 2. The number of imidazole rings is 1. The summed E-state index contributed by atoms with van der Waals surface area (Å²) in [5, 5.41) is 2.54. The van der Waals surface area contributed by atoms with Crippen LogP contribution in [0, 0.1) is 5.82 Å². The molecule has 0 aliphatic rings. The van der Waals surface area contributed by atoms with Crippen LogP contribution in [-0.2, 0) is 17.9 Å². The van der Waals surface area contributed by atoms with E-state index < -0.39 is 11.7 Å². The minimum absolute atomic E-state index is 0.122. The highest BCUT2D eigenvalue weighted by Crippen LogP contribution is 2.18. The van der Waals surface area contributed by atoms with Crippen molar-refractivity contribution in [3.63, 3.8) is 0 Å². The van der Waals surface area contributed by atoms with Crippen molar-refractivity contribution in [3.05, 3.63) is 46.9 Å². The predicted octanol–water partition coefficient (Wildman–Crippen LogP) is 1.03. The third-order valence-electron chi connectivity index (χ3n) is 2.86. The van der Waals surface area contributed by atoms with Crippen LogP contribution >= 0.6 is 0 Å². The average molecular weight is 278 g/mol. The molecule has 0 saturated carbocycles. The Kier molecular flexibility index (Phi) is 3.88. The molecular formula is C13H15FN4O2. The zero-order valence-electron chi connectivity index (χ0n) is 11.0. The van der Waals surface area contributed by atoms with Crippen molar-refractivity contribution < 1.29 is 9.18 Å². The summed E-state index contributed by atoms with van der Waals surface area (Å²) in [5.41, 5.74) is 5.79. The monoisotopic (exact) mass is 278 g/mol. The zero-order valence-corrected chi connectivity index (χ0v) is 11.0. The minimum Gasteiger partial charge on any atom is -0.397 e. The van der Waals surface area contributed by atoms with Crippen molar-refractivity contribution in [2.45, 2.75) is 20.0 Å². The van der Waals surface area contributed by atoms with E-state index in [0.29, 0.717) is 12.2 Å². The van der Waals surface area contributed by atoms with Crippen LogP contribution in [0.2, 0.25) is 0 Å². The fourth-order valence-corrected chi connectivity index (χ4v) is 1.81. The lowest BCUT2D eigenvalue weighted by molar-refractivity contribution is -0.116. The number of nitrogen functional groups attached to an aromatic ring is 1. The quantitative estimate of drug-likeness (QED) is 0.819. The van der Waals surface area contributed by atoms with Crippen LogP contribution in [0.4, 0.5) is 15.8 Å². The lowest BCUT2D eigenvalue weighted by Crippen LogP contribution is -2.29. The van der Waals surface area contributed by atoms with Gasteiger partial charge in [-0.25, -0.2) is 9.18 Å². The van der Waals surface area contributed by atoms with Crippen LogP contribution in [0.5, 0.6) is 0 Å². The van der Waals surface area contributed by atoms with E-state index in [-0.39, 0.29) is 17.9 Å². The summed E-state index contributed by atoms with van der Waals surface area (Å²) in [7, 11) is 0. The standard InChI is InChI=1S/C13H15FN4O2/c1-2-17-5-6-18(13(17)20)8-12(19)16-11-4-3-9(14)7-10(11)15/h3-7H,2,8,15H2,1H3,(H,16,19). The summed E-state index contributed by atoms with van der Waals surface area (Å²) in [5.74, 6) is -0.879. The lowest BCUT2D eigenvalue weighted by Gasteiger charge is -2.08. The average Bonchev–Trinajstić information content (AvgIpc) is 2.74. The molecule has 6 nitrogen and oxygen atoms in total. The third-order valence-corrected chi connectivity index (χ3v) is 2.86. The van der Waals surface area contributed by atoms with E-state index in [1.807, 2.05) is 6.92 Å². The van der Waals surface area contributed by atoms with Gasteiger partial charge in [0, 0.05) is 18.9 Å². The van der Waals surface area contributed by atoms with Gasteiger partial charge in [-0.15, -0.1) is 0 Å². The van der Waals surface area contributed by atoms with Gasteiger partial charge < -0.3 is 11.1 Å². The van der Waals surface area contributed by atoms with E-state index in [2.05, 4.69) is 5.32 Å². The second-order valence-electron chi connectivity index (χ2n) is 4.27. The Balaban J connectivity index is 2.09. The summed E-state index contributed by atoms with van der Waals surface area (Å²) in [4.78, 5) is 23.6. The molecule has 0 unspecified atom stereocenters. The molecule has 106 valence electrons. The lowest BCUT2D eigenvalue weighted by atomic mass is 10.2. The fourth-order valence-electron chi connectivity index (χ4n) is 1.81. The van der Waals surface area contributed by atoms with Crippen LogP contribution in [-0.4, -0.2) is 15.0 Å². The summed E-state index contributed by atoms with van der Waals surface area (Å²) < 4.78 is 15.7. The Hall–Kier alpha value is -2.57. The number of rotatable bonds is 4. The summed E-state index contributed by atoms with van der Waals surface area (Å²) >= 11 is 0. The number of amides is 1. The molecule has 2 rings (SSSR count). The molecule has 1 amide bonds. The molecule has 0 atom stereocenters. The van der Waals surface area contributed by atoms with Gasteiger partial charge in [-0.05, 0) is 25.1 Å². The molecule has 1 heterocycles. The first-order valence-electron chi connectivity index (χ1n) is 6.11. The van der Waals surface area contributed by atoms with Gasteiger partial charge in [0.15, 0.2) is 0 Å². The van der Waals surface area contributed by atoms with Crippen LogP contribution in [0.1, 0.15) is 6.92 Å².